The lowest BCUT2D eigenvalue weighted by Gasteiger charge is -2.53. The maximum Gasteiger partial charge on any atom is 0.334 e. The van der Waals surface area contributed by atoms with Crippen LogP contribution in [0.1, 0.15) is 88.6 Å². The molecule has 6 nitrogen and oxygen atoms in total. The van der Waals surface area contributed by atoms with Crippen LogP contribution in [-0.2, 0) is 19.1 Å². The van der Waals surface area contributed by atoms with Crippen molar-refractivity contribution < 1.29 is 28.3 Å². The molecule has 0 spiro atoms. The molecule has 1 aromatic heterocycles. The average Bonchev–Trinajstić information content (AvgIpc) is 3.14. The van der Waals surface area contributed by atoms with Crippen LogP contribution in [0.2, 0.25) is 0 Å². The Balaban J connectivity index is 2.05. The molecule has 0 radical (unpaired) electrons. The van der Waals surface area contributed by atoms with Gasteiger partial charge in [0.2, 0.25) is 5.78 Å². The van der Waals surface area contributed by atoms with Gasteiger partial charge in [0.15, 0.2) is 5.76 Å². The van der Waals surface area contributed by atoms with Crippen molar-refractivity contribution in [3.05, 3.63) is 34.8 Å². The van der Waals surface area contributed by atoms with Gasteiger partial charge in [0.05, 0.1) is 12.2 Å². The third kappa shape index (κ3) is 3.74. The Kier molecular flexibility index (Phi) is 6.49. The first kappa shape index (κ1) is 23.3. The van der Waals surface area contributed by atoms with Crippen LogP contribution < -0.4 is 0 Å². The summed E-state index contributed by atoms with van der Waals surface area (Å²) in [5.74, 6) is -1.14. The van der Waals surface area contributed by atoms with E-state index in [0.29, 0.717) is 30.4 Å². The molecule has 6 heteroatoms. The van der Waals surface area contributed by atoms with Crippen LogP contribution in [-0.4, -0.2) is 23.8 Å². The van der Waals surface area contributed by atoms with Gasteiger partial charge in [-0.15, -0.1) is 0 Å². The first-order valence-corrected chi connectivity index (χ1v) is 11.2. The Morgan fingerprint density at radius 2 is 2.00 bits per heavy atom. The molecule has 0 unspecified atom stereocenters. The van der Waals surface area contributed by atoms with Gasteiger partial charge >= 0.3 is 11.9 Å². The highest BCUT2D eigenvalue weighted by Gasteiger charge is 2.61. The van der Waals surface area contributed by atoms with Crippen molar-refractivity contribution >= 4 is 17.7 Å². The largest absolute Gasteiger partial charge is 0.462 e. The summed E-state index contributed by atoms with van der Waals surface area (Å²) in [7, 11) is 0. The van der Waals surface area contributed by atoms with E-state index in [-0.39, 0.29) is 41.4 Å². The third-order valence-corrected chi connectivity index (χ3v) is 7.68. The van der Waals surface area contributed by atoms with Crippen molar-refractivity contribution in [2.45, 2.75) is 79.9 Å². The molecule has 2 aliphatic rings. The molecule has 0 bridgehead atoms. The lowest BCUT2D eigenvalue weighted by molar-refractivity contribution is -0.182. The predicted octanol–water partition coefficient (Wildman–Crippen LogP) is 5.35. The summed E-state index contributed by atoms with van der Waals surface area (Å²) in [6.07, 6.45) is 4.11. The number of carbonyl (C=O) groups excluding carboxylic acids is 3. The number of ketones is 1. The van der Waals surface area contributed by atoms with E-state index in [1.165, 1.54) is 0 Å². The predicted molar refractivity (Wildman–Crippen MR) is 115 cm³/mol. The van der Waals surface area contributed by atoms with Gasteiger partial charge in [0, 0.05) is 28.4 Å². The number of furan rings is 1. The number of fused-ring (bicyclic) bond motifs is 2. The Morgan fingerprint density at radius 1 is 1.32 bits per heavy atom. The number of ether oxygens (including phenoxy) is 2. The third-order valence-electron chi connectivity index (χ3n) is 7.68. The van der Waals surface area contributed by atoms with Crippen LogP contribution >= 0.6 is 0 Å². The van der Waals surface area contributed by atoms with Crippen molar-refractivity contribution in [3.8, 4) is 0 Å². The van der Waals surface area contributed by atoms with Crippen molar-refractivity contribution in [1.82, 2.24) is 0 Å². The van der Waals surface area contributed by atoms with Gasteiger partial charge in [-0.1, -0.05) is 33.8 Å². The second-order valence-corrected chi connectivity index (χ2v) is 9.35. The molecular formula is C25H34O6. The van der Waals surface area contributed by atoms with E-state index >= 15 is 0 Å². The smallest absolute Gasteiger partial charge is 0.334 e. The lowest BCUT2D eigenvalue weighted by Crippen LogP contribution is -2.55. The molecule has 0 aromatic carbocycles. The normalized spacial score (nSPS) is 31.5. The first-order valence-electron chi connectivity index (χ1n) is 11.2. The van der Waals surface area contributed by atoms with Gasteiger partial charge in [0.1, 0.15) is 12.2 Å². The minimum Gasteiger partial charge on any atom is -0.462 e. The number of hydrogen-bond acceptors (Lipinski definition) is 6. The van der Waals surface area contributed by atoms with Crippen molar-refractivity contribution in [1.29, 1.82) is 0 Å². The minimum absolute atomic E-state index is 0.0563. The van der Waals surface area contributed by atoms with Gasteiger partial charge < -0.3 is 13.9 Å². The van der Waals surface area contributed by atoms with E-state index in [9.17, 15) is 14.4 Å². The summed E-state index contributed by atoms with van der Waals surface area (Å²) in [4.78, 5) is 38.7. The maximum atomic E-state index is 13.4. The number of aryl methyl sites for hydroxylation is 1. The molecule has 1 saturated carbocycles. The van der Waals surface area contributed by atoms with Gasteiger partial charge in [0.25, 0.3) is 0 Å². The Bertz CT molecular complexity index is 909. The molecule has 3 rings (SSSR count). The fourth-order valence-corrected chi connectivity index (χ4v) is 4.98. The van der Waals surface area contributed by atoms with Gasteiger partial charge in [-0.2, -0.15) is 0 Å². The van der Waals surface area contributed by atoms with Crippen LogP contribution in [0.15, 0.2) is 22.3 Å². The molecule has 0 amide bonds. The Hall–Kier alpha value is -2.37. The zero-order valence-corrected chi connectivity index (χ0v) is 19.6. The fourth-order valence-electron chi connectivity index (χ4n) is 4.98. The molecule has 0 saturated heterocycles. The zero-order chi connectivity index (χ0) is 23.1. The number of rotatable bonds is 5. The maximum absolute atomic E-state index is 13.4. The van der Waals surface area contributed by atoms with Crippen LogP contribution in [0.25, 0.3) is 0 Å². The zero-order valence-electron chi connectivity index (χ0n) is 19.6. The van der Waals surface area contributed by atoms with Crippen LogP contribution in [0.4, 0.5) is 0 Å². The number of carbonyl (C=O) groups is 3. The SMILES string of the molecule is CC=C(C)C(=O)O[C@@H]1c2c(C)coc2C(=O)[C@H]2CC[C@H](OC(=O)[C@H](C)CC)[C@H](C)[C@]21C. The summed E-state index contributed by atoms with van der Waals surface area (Å²) in [6.45, 7) is 13.1. The highest BCUT2D eigenvalue weighted by Crippen LogP contribution is 2.60. The van der Waals surface area contributed by atoms with Crippen molar-refractivity contribution in [2.24, 2.45) is 23.2 Å². The topological polar surface area (TPSA) is 82.8 Å². The monoisotopic (exact) mass is 430 g/mol. The van der Waals surface area contributed by atoms with E-state index in [1.807, 2.05) is 34.6 Å². The van der Waals surface area contributed by atoms with Crippen LogP contribution in [0, 0.1) is 30.1 Å². The van der Waals surface area contributed by atoms with Crippen molar-refractivity contribution in [2.75, 3.05) is 0 Å². The quantitative estimate of drug-likeness (QED) is 0.463. The molecule has 31 heavy (non-hydrogen) atoms. The Labute approximate surface area is 184 Å². The molecule has 0 N–H and O–H groups in total. The molecule has 1 heterocycles. The fraction of sp³-hybridized carbons (Fsp3) is 0.640. The van der Waals surface area contributed by atoms with Gasteiger partial charge in [-0.05, 0) is 45.6 Å². The Morgan fingerprint density at radius 3 is 2.61 bits per heavy atom. The van der Waals surface area contributed by atoms with Crippen LogP contribution in [0.3, 0.4) is 0 Å². The van der Waals surface area contributed by atoms with E-state index in [1.54, 1.807) is 26.2 Å². The number of allylic oxidation sites excluding steroid dienone is 1. The summed E-state index contributed by atoms with van der Waals surface area (Å²) in [5, 5.41) is 0. The summed E-state index contributed by atoms with van der Waals surface area (Å²) in [5.41, 5.74) is 1.20. The summed E-state index contributed by atoms with van der Waals surface area (Å²) in [6, 6.07) is 0. The summed E-state index contributed by atoms with van der Waals surface area (Å²) < 4.78 is 17.6. The molecule has 1 fully saturated rings. The minimum atomic E-state index is -0.721. The first-order chi connectivity index (χ1) is 14.6. The van der Waals surface area contributed by atoms with E-state index < -0.39 is 17.5 Å². The second-order valence-electron chi connectivity index (χ2n) is 9.35. The van der Waals surface area contributed by atoms with E-state index in [2.05, 4.69) is 0 Å². The highest BCUT2D eigenvalue weighted by molar-refractivity contribution is 5.99. The molecule has 6 atom stereocenters. The number of hydrogen-bond donors (Lipinski definition) is 0. The van der Waals surface area contributed by atoms with Gasteiger partial charge in [-0.3, -0.25) is 9.59 Å². The van der Waals surface area contributed by atoms with E-state index in [4.69, 9.17) is 13.9 Å². The lowest BCUT2D eigenvalue weighted by atomic mass is 9.53. The highest BCUT2D eigenvalue weighted by atomic mass is 16.6. The molecule has 2 aliphatic carbocycles. The number of esters is 2. The molecule has 0 aliphatic heterocycles. The van der Waals surface area contributed by atoms with Crippen LogP contribution in [0.5, 0.6) is 0 Å². The average molecular weight is 431 g/mol. The van der Waals surface area contributed by atoms with E-state index in [0.717, 1.165) is 5.56 Å². The summed E-state index contributed by atoms with van der Waals surface area (Å²) >= 11 is 0. The molecular weight excluding hydrogens is 396 g/mol. The van der Waals surface area contributed by atoms with Gasteiger partial charge in [-0.25, -0.2) is 4.79 Å². The van der Waals surface area contributed by atoms with Crippen molar-refractivity contribution in [3.63, 3.8) is 0 Å². The standard InChI is InChI=1S/C25H34O6/c1-8-13(3)23(27)30-18-11-10-17-20(26)21-19(15(5)12-29-21)22(25(17,7)16(18)6)31-24(28)14(4)9-2/h9,12-13,16-18,22H,8,10-11H2,1-7H3/t13-,16+,17-,18+,22-,25-/m1/s1. The molecule has 1 aromatic rings. The second kappa shape index (κ2) is 8.64. The molecule has 170 valence electrons. The number of Topliss-reactive ketones (excluding diaryl/α,β-unsaturated/α-hetero) is 1.